The first-order chi connectivity index (χ1) is 6.54. The quantitative estimate of drug-likeness (QED) is 0.614. The lowest BCUT2D eigenvalue weighted by atomic mass is 9.87. The van der Waals surface area contributed by atoms with Gasteiger partial charge in [-0.05, 0) is 22.6 Å². The standard InChI is InChI=1S/C13H15N/c1-13(2,3)12-8-6-11(7-9-12)5-4-10-14/h4-9H,1-3H3. The second-order valence-electron chi connectivity index (χ2n) is 4.33. The predicted molar refractivity (Wildman–Crippen MR) is 59.8 cm³/mol. The van der Waals surface area contributed by atoms with Crippen molar-refractivity contribution in [3.05, 3.63) is 41.5 Å². The van der Waals surface area contributed by atoms with E-state index in [4.69, 9.17) is 5.26 Å². The van der Waals surface area contributed by atoms with Crippen LogP contribution in [0, 0.1) is 11.3 Å². The van der Waals surface area contributed by atoms with Gasteiger partial charge in [-0.25, -0.2) is 0 Å². The van der Waals surface area contributed by atoms with E-state index in [1.54, 1.807) is 0 Å². The van der Waals surface area contributed by atoms with Crippen LogP contribution in [0.3, 0.4) is 0 Å². The van der Waals surface area contributed by atoms with Crippen molar-refractivity contribution >= 4 is 6.08 Å². The minimum Gasteiger partial charge on any atom is -0.193 e. The molecule has 1 aromatic rings. The molecular formula is C13H15N. The molecule has 1 heteroatoms. The highest BCUT2D eigenvalue weighted by molar-refractivity contribution is 5.52. The highest BCUT2D eigenvalue weighted by Crippen LogP contribution is 2.22. The van der Waals surface area contributed by atoms with Gasteiger partial charge in [0, 0.05) is 6.08 Å². The van der Waals surface area contributed by atoms with Gasteiger partial charge in [-0.15, -0.1) is 0 Å². The third-order valence-corrected chi connectivity index (χ3v) is 2.13. The molecule has 0 aliphatic carbocycles. The normalized spacial score (nSPS) is 11.6. The molecule has 0 radical (unpaired) electrons. The highest BCUT2D eigenvalue weighted by Gasteiger charge is 2.12. The van der Waals surface area contributed by atoms with Gasteiger partial charge in [-0.3, -0.25) is 0 Å². The molecule has 0 spiro atoms. The second-order valence-corrected chi connectivity index (χ2v) is 4.33. The smallest absolute Gasteiger partial charge is 0.0912 e. The van der Waals surface area contributed by atoms with Gasteiger partial charge in [0.2, 0.25) is 0 Å². The van der Waals surface area contributed by atoms with E-state index in [-0.39, 0.29) is 5.41 Å². The van der Waals surface area contributed by atoms with Crippen LogP contribution in [0.2, 0.25) is 0 Å². The van der Waals surface area contributed by atoms with Crippen molar-refractivity contribution < 1.29 is 0 Å². The Kier molecular flexibility index (Phi) is 3.09. The maximum Gasteiger partial charge on any atom is 0.0912 e. The molecule has 14 heavy (non-hydrogen) atoms. The molecule has 0 bridgehead atoms. The van der Waals surface area contributed by atoms with Crippen molar-refractivity contribution in [2.24, 2.45) is 0 Å². The van der Waals surface area contributed by atoms with E-state index in [0.717, 1.165) is 5.56 Å². The van der Waals surface area contributed by atoms with Crippen molar-refractivity contribution in [1.29, 1.82) is 5.26 Å². The van der Waals surface area contributed by atoms with Crippen LogP contribution in [-0.4, -0.2) is 0 Å². The van der Waals surface area contributed by atoms with E-state index in [9.17, 15) is 0 Å². The average Bonchev–Trinajstić information content (AvgIpc) is 2.14. The van der Waals surface area contributed by atoms with Crippen LogP contribution < -0.4 is 0 Å². The molecule has 0 amide bonds. The number of nitrogens with zero attached hydrogens (tertiary/aromatic N) is 1. The zero-order chi connectivity index (χ0) is 10.6. The van der Waals surface area contributed by atoms with Gasteiger partial charge in [0.15, 0.2) is 0 Å². The minimum atomic E-state index is 0.192. The van der Waals surface area contributed by atoms with E-state index in [0.29, 0.717) is 0 Å². The molecule has 0 fully saturated rings. The number of nitriles is 1. The van der Waals surface area contributed by atoms with Crippen molar-refractivity contribution in [3.8, 4) is 6.07 Å². The molecule has 72 valence electrons. The fourth-order valence-electron chi connectivity index (χ4n) is 1.23. The number of allylic oxidation sites excluding steroid dienone is 1. The van der Waals surface area contributed by atoms with Gasteiger partial charge in [-0.1, -0.05) is 45.0 Å². The van der Waals surface area contributed by atoms with Crippen molar-refractivity contribution in [3.63, 3.8) is 0 Å². The molecule has 0 aliphatic rings. The van der Waals surface area contributed by atoms with Crippen LogP contribution >= 0.6 is 0 Å². The van der Waals surface area contributed by atoms with Gasteiger partial charge >= 0.3 is 0 Å². The van der Waals surface area contributed by atoms with E-state index in [2.05, 4.69) is 32.9 Å². The van der Waals surface area contributed by atoms with Crippen LogP contribution in [0.5, 0.6) is 0 Å². The summed E-state index contributed by atoms with van der Waals surface area (Å²) in [6.45, 7) is 6.56. The van der Waals surface area contributed by atoms with Crippen LogP contribution in [0.15, 0.2) is 30.3 Å². The second kappa shape index (κ2) is 4.11. The first-order valence-electron chi connectivity index (χ1n) is 4.71. The first kappa shape index (κ1) is 10.5. The molecule has 0 aromatic heterocycles. The monoisotopic (exact) mass is 185 g/mol. The summed E-state index contributed by atoms with van der Waals surface area (Å²) < 4.78 is 0. The van der Waals surface area contributed by atoms with Gasteiger partial charge in [0.25, 0.3) is 0 Å². The lowest BCUT2D eigenvalue weighted by Gasteiger charge is -2.18. The fourth-order valence-corrected chi connectivity index (χ4v) is 1.23. The number of hydrogen-bond acceptors (Lipinski definition) is 1. The Morgan fingerprint density at radius 1 is 1.14 bits per heavy atom. The van der Waals surface area contributed by atoms with Crippen molar-refractivity contribution in [1.82, 2.24) is 0 Å². The van der Waals surface area contributed by atoms with E-state index in [1.807, 2.05) is 24.3 Å². The number of benzene rings is 1. The molecule has 1 rings (SSSR count). The molecule has 0 heterocycles. The summed E-state index contributed by atoms with van der Waals surface area (Å²) in [5, 5.41) is 8.37. The van der Waals surface area contributed by atoms with Crippen LogP contribution in [0.4, 0.5) is 0 Å². The molecule has 0 atom stereocenters. The molecule has 0 saturated carbocycles. The van der Waals surface area contributed by atoms with Gasteiger partial charge in [0.05, 0.1) is 6.07 Å². The molecule has 0 unspecified atom stereocenters. The summed E-state index contributed by atoms with van der Waals surface area (Å²) in [5.41, 5.74) is 2.57. The van der Waals surface area contributed by atoms with Crippen molar-refractivity contribution in [2.75, 3.05) is 0 Å². The molecule has 0 aliphatic heterocycles. The van der Waals surface area contributed by atoms with Gasteiger partial charge in [-0.2, -0.15) is 5.26 Å². The minimum absolute atomic E-state index is 0.192. The Morgan fingerprint density at radius 3 is 2.14 bits per heavy atom. The van der Waals surface area contributed by atoms with Crippen LogP contribution in [0.25, 0.3) is 6.08 Å². The summed E-state index contributed by atoms with van der Waals surface area (Å²) in [6, 6.07) is 10.3. The number of hydrogen-bond donors (Lipinski definition) is 0. The molecular weight excluding hydrogens is 170 g/mol. The summed E-state index contributed by atoms with van der Waals surface area (Å²) in [6.07, 6.45) is 3.30. The Balaban J connectivity index is 2.91. The third-order valence-electron chi connectivity index (χ3n) is 2.13. The Morgan fingerprint density at radius 2 is 1.71 bits per heavy atom. The third kappa shape index (κ3) is 2.74. The Bertz CT molecular complexity index is 358. The first-order valence-corrected chi connectivity index (χ1v) is 4.71. The fraction of sp³-hybridized carbons (Fsp3) is 0.308. The molecule has 1 nitrogen and oxygen atoms in total. The molecule has 0 saturated heterocycles. The highest BCUT2D eigenvalue weighted by atomic mass is 14.2. The summed E-state index contributed by atoms with van der Waals surface area (Å²) in [5.74, 6) is 0. The number of rotatable bonds is 1. The van der Waals surface area contributed by atoms with Gasteiger partial charge in [0.1, 0.15) is 0 Å². The summed E-state index contributed by atoms with van der Waals surface area (Å²) >= 11 is 0. The van der Waals surface area contributed by atoms with Crippen LogP contribution in [0.1, 0.15) is 31.9 Å². The zero-order valence-corrected chi connectivity index (χ0v) is 8.91. The average molecular weight is 185 g/mol. The molecule has 0 N–H and O–H groups in total. The summed E-state index contributed by atoms with van der Waals surface area (Å²) in [4.78, 5) is 0. The summed E-state index contributed by atoms with van der Waals surface area (Å²) in [7, 11) is 0. The van der Waals surface area contributed by atoms with Gasteiger partial charge < -0.3 is 0 Å². The van der Waals surface area contributed by atoms with E-state index >= 15 is 0 Å². The SMILES string of the molecule is CC(C)(C)c1ccc(C=CC#N)cc1. The molecule has 1 aromatic carbocycles. The lowest BCUT2D eigenvalue weighted by Crippen LogP contribution is -2.10. The van der Waals surface area contributed by atoms with E-state index < -0.39 is 0 Å². The largest absolute Gasteiger partial charge is 0.193 e. The van der Waals surface area contributed by atoms with Crippen LogP contribution in [-0.2, 0) is 5.41 Å². The maximum absolute atomic E-state index is 8.37. The zero-order valence-electron chi connectivity index (χ0n) is 8.91. The topological polar surface area (TPSA) is 23.8 Å². The van der Waals surface area contributed by atoms with E-state index in [1.165, 1.54) is 11.6 Å². The van der Waals surface area contributed by atoms with Crippen molar-refractivity contribution in [2.45, 2.75) is 26.2 Å². The predicted octanol–water partition coefficient (Wildman–Crippen LogP) is 3.52. The Labute approximate surface area is 85.7 Å². The Hall–Kier alpha value is -1.55. The maximum atomic E-state index is 8.37. The lowest BCUT2D eigenvalue weighted by molar-refractivity contribution is 0.590.